The lowest BCUT2D eigenvalue weighted by molar-refractivity contribution is -0.123. The van der Waals surface area contributed by atoms with Gasteiger partial charge in [-0.15, -0.1) is 0 Å². The fourth-order valence-corrected chi connectivity index (χ4v) is 6.68. The van der Waals surface area contributed by atoms with E-state index in [0.717, 1.165) is 20.9 Å². The summed E-state index contributed by atoms with van der Waals surface area (Å²) in [5, 5.41) is 0. The monoisotopic (exact) mass is 560 g/mol. The zero-order valence-electron chi connectivity index (χ0n) is 22.8. The molecule has 0 N–H and O–H groups in total. The lowest BCUT2D eigenvalue weighted by Crippen LogP contribution is -2.25. The van der Waals surface area contributed by atoms with Gasteiger partial charge in [0.15, 0.2) is 0 Å². The van der Waals surface area contributed by atoms with Crippen LogP contribution >= 0.6 is 23.5 Å². The molecule has 6 heteroatoms. The van der Waals surface area contributed by atoms with E-state index in [1.807, 2.05) is 48.5 Å². The number of carbonyl (C=O) groups excluding carboxylic acids is 2. The van der Waals surface area contributed by atoms with E-state index in [-0.39, 0.29) is 11.8 Å². The molecule has 0 unspecified atom stereocenters. The second kappa shape index (κ2) is 10.5. The molecular weight excluding hydrogens is 533 g/mol. The van der Waals surface area contributed by atoms with E-state index in [1.54, 1.807) is 47.4 Å². The first kappa shape index (κ1) is 26.2. The SMILES string of the molecule is Cc1ccc(Sc2ccc(C3=C4C(=O)N(C)C(c5ccc(Sc6ccc(C)cc6)cc5)=C4C(=O)N3C)cc2)cc1. The molecule has 0 aliphatic carbocycles. The Morgan fingerprint density at radius 3 is 1.02 bits per heavy atom. The molecular formula is C34H28N2O2S2. The van der Waals surface area contributed by atoms with E-state index in [1.165, 1.54) is 20.9 Å². The van der Waals surface area contributed by atoms with Gasteiger partial charge in [0.05, 0.1) is 22.5 Å². The number of nitrogens with zero attached hydrogens (tertiary/aromatic N) is 2. The van der Waals surface area contributed by atoms with Crippen LogP contribution in [0.2, 0.25) is 0 Å². The summed E-state index contributed by atoms with van der Waals surface area (Å²) in [6, 6.07) is 33.0. The van der Waals surface area contributed by atoms with Crippen LogP contribution in [-0.4, -0.2) is 35.7 Å². The number of aryl methyl sites for hydroxylation is 2. The lowest BCUT2D eigenvalue weighted by Gasteiger charge is -2.20. The van der Waals surface area contributed by atoms with Gasteiger partial charge < -0.3 is 9.80 Å². The van der Waals surface area contributed by atoms with Crippen molar-refractivity contribution < 1.29 is 9.59 Å². The molecule has 0 radical (unpaired) electrons. The third-order valence-corrected chi connectivity index (χ3v) is 9.23. The molecule has 2 amide bonds. The van der Waals surface area contributed by atoms with E-state index in [0.29, 0.717) is 22.5 Å². The first-order valence-corrected chi connectivity index (χ1v) is 14.7. The number of carbonyl (C=O) groups is 2. The Kier molecular flexibility index (Phi) is 6.90. The second-order valence-electron chi connectivity index (χ2n) is 10.1. The number of rotatable bonds is 6. The third-order valence-electron chi connectivity index (χ3n) is 7.20. The van der Waals surface area contributed by atoms with Crippen molar-refractivity contribution in [2.24, 2.45) is 0 Å². The maximum atomic E-state index is 13.6. The first-order valence-electron chi connectivity index (χ1n) is 13.0. The number of benzene rings is 4. The van der Waals surface area contributed by atoms with Gasteiger partial charge in [0.25, 0.3) is 11.8 Å². The van der Waals surface area contributed by atoms with Crippen LogP contribution < -0.4 is 0 Å². The molecule has 4 nitrogen and oxygen atoms in total. The minimum Gasteiger partial charge on any atom is -0.310 e. The zero-order valence-corrected chi connectivity index (χ0v) is 24.4. The fraction of sp³-hybridized carbons (Fsp3) is 0.118. The molecule has 2 heterocycles. The van der Waals surface area contributed by atoms with Gasteiger partial charge in [0, 0.05) is 33.7 Å². The topological polar surface area (TPSA) is 40.6 Å². The van der Waals surface area contributed by atoms with Crippen LogP contribution in [0, 0.1) is 13.8 Å². The molecule has 0 saturated heterocycles. The highest BCUT2D eigenvalue weighted by Gasteiger charge is 2.46. The Hall–Kier alpha value is -4.00. The highest BCUT2D eigenvalue weighted by molar-refractivity contribution is 7.99. The maximum absolute atomic E-state index is 13.6. The van der Waals surface area contributed by atoms with Gasteiger partial charge in [-0.25, -0.2) is 0 Å². The van der Waals surface area contributed by atoms with Gasteiger partial charge in [-0.05, 0) is 73.5 Å². The normalized spacial score (nSPS) is 15.0. The molecule has 0 bridgehead atoms. The standard InChI is InChI=1S/C34H28N2O2S2/c1-21-5-13-25(14-6-21)39-27-17-9-23(10-18-27)31-29-30(34(38)35(31)3)32(36(4)33(29)37)24-11-19-28(20-12-24)40-26-15-7-22(2)8-16-26/h5-20H,1-4H3. The van der Waals surface area contributed by atoms with E-state index in [4.69, 9.17) is 0 Å². The van der Waals surface area contributed by atoms with Crippen LogP contribution in [0.1, 0.15) is 22.3 Å². The van der Waals surface area contributed by atoms with Crippen molar-refractivity contribution in [1.82, 2.24) is 9.80 Å². The molecule has 0 saturated carbocycles. The van der Waals surface area contributed by atoms with Crippen LogP contribution in [0.15, 0.2) is 128 Å². The molecule has 0 spiro atoms. The molecule has 4 aromatic rings. The highest BCUT2D eigenvalue weighted by atomic mass is 32.2. The van der Waals surface area contributed by atoms with E-state index in [9.17, 15) is 9.59 Å². The predicted molar refractivity (Wildman–Crippen MR) is 163 cm³/mol. The molecule has 0 aromatic heterocycles. The lowest BCUT2D eigenvalue weighted by atomic mass is 10.0. The molecule has 4 aromatic carbocycles. The molecule has 2 aliphatic rings. The average molecular weight is 561 g/mol. The molecule has 40 heavy (non-hydrogen) atoms. The first-order chi connectivity index (χ1) is 19.3. The third kappa shape index (κ3) is 4.78. The van der Waals surface area contributed by atoms with Crippen molar-refractivity contribution in [2.45, 2.75) is 33.4 Å². The summed E-state index contributed by atoms with van der Waals surface area (Å²) < 4.78 is 0. The highest BCUT2D eigenvalue weighted by Crippen LogP contribution is 2.45. The molecule has 0 fully saturated rings. The maximum Gasteiger partial charge on any atom is 0.261 e. The minimum atomic E-state index is -0.158. The Morgan fingerprint density at radius 1 is 0.450 bits per heavy atom. The van der Waals surface area contributed by atoms with Crippen molar-refractivity contribution in [3.63, 3.8) is 0 Å². The Balaban J connectivity index is 1.31. The summed E-state index contributed by atoms with van der Waals surface area (Å²) in [6.07, 6.45) is 0. The van der Waals surface area contributed by atoms with Crippen LogP contribution in [-0.2, 0) is 9.59 Å². The Labute approximate surface area is 243 Å². The van der Waals surface area contributed by atoms with Gasteiger partial charge >= 0.3 is 0 Å². The predicted octanol–water partition coefficient (Wildman–Crippen LogP) is 7.67. The van der Waals surface area contributed by atoms with Gasteiger partial charge in [0.2, 0.25) is 0 Å². The van der Waals surface area contributed by atoms with Gasteiger partial charge in [-0.2, -0.15) is 0 Å². The summed E-state index contributed by atoms with van der Waals surface area (Å²) in [5.74, 6) is -0.317. The van der Waals surface area contributed by atoms with Crippen LogP contribution in [0.3, 0.4) is 0 Å². The summed E-state index contributed by atoms with van der Waals surface area (Å²) in [4.78, 5) is 34.9. The molecule has 0 atom stereocenters. The van der Waals surface area contributed by atoms with E-state index in [2.05, 4.69) is 62.4 Å². The summed E-state index contributed by atoms with van der Waals surface area (Å²) in [5.41, 5.74) is 6.42. The largest absolute Gasteiger partial charge is 0.310 e. The number of fused-ring (bicyclic) bond motifs is 1. The number of hydrogen-bond acceptors (Lipinski definition) is 4. The van der Waals surface area contributed by atoms with Gasteiger partial charge in [0.1, 0.15) is 0 Å². The summed E-state index contributed by atoms with van der Waals surface area (Å²) in [7, 11) is 3.49. The average Bonchev–Trinajstić information content (AvgIpc) is 3.37. The number of likely N-dealkylation sites (N-methyl/N-ethyl adjacent to an activating group) is 2. The smallest absolute Gasteiger partial charge is 0.261 e. The van der Waals surface area contributed by atoms with E-state index < -0.39 is 0 Å². The minimum absolute atomic E-state index is 0.158. The number of amides is 2. The Morgan fingerprint density at radius 2 is 0.725 bits per heavy atom. The van der Waals surface area contributed by atoms with Crippen molar-refractivity contribution in [2.75, 3.05) is 14.1 Å². The fourth-order valence-electron chi connectivity index (χ4n) is 5.05. The quantitative estimate of drug-likeness (QED) is 0.243. The Bertz CT molecular complexity index is 1560. The van der Waals surface area contributed by atoms with Crippen molar-refractivity contribution in [1.29, 1.82) is 0 Å². The van der Waals surface area contributed by atoms with Crippen molar-refractivity contribution in [3.8, 4) is 0 Å². The second-order valence-corrected chi connectivity index (χ2v) is 12.3. The zero-order chi connectivity index (χ0) is 28.0. The van der Waals surface area contributed by atoms with Crippen LogP contribution in [0.4, 0.5) is 0 Å². The van der Waals surface area contributed by atoms with Gasteiger partial charge in [-0.1, -0.05) is 83.2 Å². The number of hydrogen-bond donors (Lipinski definition) is 0. The van der Waals surface area contributed by atoms with Crippen molar-refractivity contribution >= 4 is 46.7 Å². The molecule has 6 rings (SSSR count). The molecule has 2 aliphatic heterocycles. The van der Waals surface area contributed by atoms with Crippen LogP contribution in [0.5, 0.6) is 0 Å². The van der Waals surface area contributed by atoms with Gasteiger partial charge in [-0.3, -0.25) is 9.59 Å². The van der Waals surface area contributed by atoms with Crippen LogP contribution in [0.25, 0.3) is 11.4 Å². The van der Waals surface area contributed by atoms with E-state index >= 15 is 0 Å². The summed E-state index contributed by atoms with van der Waals surface area (Å²) in [6.45, 7) is 4.16. The summed E-state index contributed by atoms with van der Waals surface area (Å²) >= 11 is 3.37. The molecule has 198 valence electrons. The van der Waals surface area contributed by atoms with Crippen molar-refractivity contribution in [3.05, 3.63) is 130 Å².